The van der Waals surface area contributed by atoms with E-state index in [1.54, 1.807) is 0 Å². The lowest BCUT2D eigenvalue weighted by Gasteiger charge is -2.22. The van der Waals surface area contributed by atoms with Crippen LogP contribution in [-0.2, 0) is 5.41 Å². The van der Waals surface area contributed by atoms with E-state index in [1.165, 1.54) is 93.5 Å². The van der Waals surface area contributed by atoms with E-state index in [4.69, 9.17) is 4.98 Å². The lowest BCUT2D eigenvalue weighted by atomic mass is 9.82. The monoisotopic (exact) mass is 701 g/mol. The Morgan fingerprint density at radius 2 is 1.11 bits per heavy atom. The summed E-state index contributed by atoms with van der Waals surface area (Å²) in [5, 5.41) is 8.52. The fraction of sp³-hybridized carbons (Fsp3) is 0.0577. The first-order valence-electron chi connectivity index (χ1n) is 19.1. The molecule has 55 heavy (non-hydrogen) atoms. The number of fused-ring (bicyclic) bond motifs is 12. The normalized spacial score (nSPS) is 13.4. The highest BCUT2D eigenvalue weighted by molar-refractivity contribution is 6.17. The molecule has 3 nitrogen and oxygen atoms in total. The molecule has 12 rings (SSSR count). The van der Waals surface area contributed by atoms with E-state index in [1.807, 2.05) is 12.3 Å². The average Bonchev–Trinajstić information content (AvgIpc) is 3.82. The Bertz CT molecular complexity index is 3400. The van der Waals surface area contributed by atoms with Crippen molar-refractivity contribution in [1.82, 2.24) is 14.1 Å². The summed E-state index contributed by atoms with van der Waals surface area (Å²) in [4.78, 5) is 4.95. The zero-order valence-electron chi connectivity index (χ0n) is 30.6. The zero-order valence-corrected chi connectivity index (χ0v) is 30.6. The lowest BCUT2D eigenvalue weighted by molar-refractivity contribution is 0.661. The minimum atomic E-state index is -0.117. The quantitative estimate of drug-likeness (QED) is 0.168. The van der Waals surface area contributed by atoms with Gasteiger partial charge in [-0.2, -0.15) is 0 Å². The molecule has 0 unspecified atom stereocenters. The number of pyridine rings is 1. The smallest absolute Gasteiger partial charge is 0.0801 e. The molecule has 0 fully saturated rings. The molecule has 1 aliphatic carbocycles. The van der Waals surface area contributed by atoms with Crippen molar-refractivity contribution < 1.29 is 0 Å². The molecule has 0 atom stereocenters. The Hall–Kier alpha value is -6.97. The van der Waals surface area contributed by atoms with Crippen LogP contribution < -0.4 is 0 Å². The lowest BCUT2D eigenvalue weighted by Crippen LogP contribution is -2.15. The first-order chi connectivity index (χ1) is 27.0. The summed E-state index contributed by atoms with van der Waals surface area (Å²) in [7, 11) is 0. The van der Waals surface area contributed by atoms with Gasteiger partial charge in [0.25, 0.3) is 0 Å². The summed E-state index contributed by atoms with van der Waals surface area (Å²) >= 11 is 0. The number of hydrogen-bond donors (Lipinski definition) is 0. The molecule has 0 N–H and O–H groups in total. The van der Waals surface area contributed by atoms with Gasteiger partial charge in [0, 0.05) is 49.6 Å². The molecule has 0 spiro atoms. The second kappa shape index (κ2) is 11.0. The van der Waals surface area contributed by atoms with Gasteiger partial charge in [0.2, 0.25) is 0 Å². The molecule has 1 aliphatic rings. The highest BCUT2D eigenvalue weighted by Crippen LogP contribution is 2.51. The van der Waals surface area contributed by atoms with Crippen molar-refractivity contribution in [3.63, 3.8) is 0 Å². The van der Waals surface area contributed by atoms with Crippen LogP contribution in [0, 0.1) is 0 Å². The predicted molar refractivity (Wildman–Crippen MR) is 231 cm³/mol. The third kappa shape index (κ3) is 4.18. The van der Waals surface area contributed by atoms with Crippen LogP contribution >= 0.6 is 0 Å². The van der Waals surface area contributed by atoms with Gasteiger partial charge in [0.05, 0.1) is 33.3 Å². The molecular weight excluding hydrogens is 667 g/mol. The Balaban J connectivity index is 1.15. The summed E-state index contributed by atoms with van der Waals surface area (Å²) in [6.45, 7) is 4.74. The second-order valence-corrected chi connectivity index (χ2v) is 15.6. The van der Waals surface area contributed by atoms with Gasteiger partial charge in [-0.1, -0.05) is 117 Å². The first-order valence-corrected chi connectivity index (χ1v) is 19.1. The summed E-state index contributed by atoms with van der Waals surface area (Å²) in [6.07, 6.45) is 1.91. The molecule has 0 radical (unpaired) electrons. The van der Waals surface area contributed by atoms with Gasteiger partial charge in [0.15, 0.2) is 0 Å². The van der Waals surface area contributed by atoms with Gasteiger partial charge >= 0.3 is 0 Å². The number of nitrogens with zero attached hydrogens (tertiary/aromatic N) is 3. The molecule has 3 aromatic heterocycles. The maximum absolute atomic E-state index is 4.95. The molecule has 8 aromatic carbocycles. The maximum atomic E-state index is 4.95. The summed E-state index contributed by atoms with van der Waals surface area (Å²) < 4.78 is 4.88. The molecule has 0 saturated carbocycles. The average molecular weight is 702 g/mol. The van der Waals surface area contributed by atoms with E-state index in [0.29, 0.717) is 0 Å². The van der Waals surface area contributed by atoms with Crippen molar-refractivity contribution in [3.05, 3.63) is 187 Å². The summed E-state index contributed by atoms with van der Waals surface area (Å²) in [5.41, 5.74) is 15.9. The Labute approximate surface area is 318 Å². The molecular formula is C52H35N3. The van der Waals surface area contributed by atoms with Crippen molar-refractivity contribution in [3.8, 4) is 33.6 Å². The van der Waals surface area contributed by atoms with E-state index in [-0.39, 0.29) is 5.41 Å². The van der Waals surface area contributed by atoms with E-state index in [2.05, 4.69) is 187 Å². The van der Waals surface area contributed by atoms with Crippen molar-refractivity contribution in [1.29, 1.82) is 0 Å². The molecule has 0 amide bonds. The number of benzene rings is 8. The molecule has 0 bridgehead atoms. The number of rotatable bonds is 3. The number of hydrogen-bond acceptors (Lipinski definition) is 1. The van der Waals surface area contributed by atoms with Gasteiger partial charge in [-0.3, -0.25) is 4.98 Å². The molecule has 0 aliphatic heterocycles. The fourth-order valence-electron chi connectivity index (χ4n) is 9.74. The highest BCUT2D eigenvalue weighted by atomic mass is 15.0. The minimum Gasteiger partial charge on any atom is -0.309 e. The Morgan fingerprint density at radius 1 is 0.436 bits per heavy atom. The van der Waals surface area contributed by atoms with Gasteiger partial charge in [-0.05, 0) is 105 Å². The van der Waals surface area contributed by atoms with Crippen molar-refractivity contribution >= 4 is 65.3 Å². The maximum Gasteiger partial charge on any atom is 0.0801 e. The third-order valence-electron chi connectivity index (χ3n) is 12.3. The van der Waals surface area contributed by atoms with E-state index < -0.39 is 0 Å². The van der Waals surface area contributed by atoms with Crippen LogP contribution in [-0.4, -0.2) is 14.1 Å². The van der Waals surface area contributed by atoms with E-state index >= 15 is 0 Å². The molecule has 11 aromatic rings. The van der Waals surface area contributed by atoms with Gasteiger partial charge in [-0.25, -0.2) is 0 Å². The van der Waals surface area contributed by atoms with Gasteiger partial charge in [0.1, 0.15) is 0 Å². The minimum absolute atomic E-state index is 0.117. The van der Waals surface area contributed by atoms with Crippen LogP contribution in [0.25, 0.3) is 98.9 Å². The Morgan fingerprint density at radius 3 is 1.96 bits per heavy atom. The van der Waals surface area contributed by atoms with Crippen LogP contribution in [0.2, 0.25) is 0 Å². The topological polar surface area (TPSA) is 22.8 Å². The van der Waals surface area contributed by atoms with Crippen LogP contribution in [0.3, 0.4) is 0 Å². The molecule has 3 heterocycles. The second-order valence-electron chi connectivity index (χ2n) is 15.6. The highest BCUT2D eigenvalue weighted by Gasteiger charge is 2.36. The summed E-state index contributed by atoms with van der Waals surface area (Å²) in [5.74, 6) is 0. The Kier molecular flexibility index (Phi) is 6.12. The van der Waals surface area contributed by atoms with Crippen LogP contribution in [0.4, 0.5) is 0 Å². The van der Waals surface area contributed by atoms with Crippen LogP contribution in [0.15, 0.2) is 176 Å². The van der Waals surface area contributed by atoms with Crippen LogP contribution in [0.1, 0.15) is 25.0 Å². The van der Waals surface area contributed by atoms with Gasteiger partial charge in [-0.15, -0.1) is 0 Å². The molecule has 258 valence electrons. The number of aromatic nitrogens is 3. The standard InChI is InChI=1S/C52H35N3/c1-52(2)43-18-8-6-16-37(43)39-30-42-41-29-35(34-23-25-46-40(28-34)38-17-7-9-19-45(38)54(46)36-14-4-3-5-15-36)24-26-47(41)55(49(42)31-44(39)52)48-20-10-12-32-21-22-33-13-11-27-53-51(33)50(32)48/h3-31H,1-2H3. The van der Waals surface area contributed by atoms with E-state index in [0.717, 1.165) is 16.6 Å². The van der Waals surface area contributed by atoms with Crippen LogP contribution in [0.5, 0.6) is 0 Å². The van der Waals surface area contributed by atoms with Crippen molar-refractivity contribution in [2.24, 2.45) is 0 Å². The van der Waals surface area contributed by atoms with E-state index in [9.17, 15) is 0 Å². The third-order valence-corrected chi connectivity index (χ3v) is 12.3. The number of para-hydroxylation sites is 2. The summed E-state index contributed by atoms with van der Waals surface area (Å²) in [6, 6.07) is 62.7. The SMILES string of the molecule is CC1(C)c2ccccc2-c2cc3c4cc(-c5ccc6c(c5)c5ccccc5n6-c5ccccc5)ccc4n(-c4cccc5ccc6cccnc6c45)c3cc21. The largest absolute Gasteiger partial charge is 0.309 e. The molecule has 0 saturated heterocycles. The van der Waals surface area contributed by atoms with Crippen molar-refractivity contribution in [2.75, 3.05) is 0 Å². The fourth-order valence-corrected chi connectivity index (χ4v) is 9.74. The first kappa shape index (κ1) is 30.5. The predicted octanol–water partition coefficient (Wildman–Crippen LogP) is 13.6. The molecule has 3 heteroatoms. The van der Waals surface area contributed by atoms with Gasteiger partial charge < -0.3 is 9.13 Å². The zero-order chi connectivity index (χ0) is 36.4. The van der Waals surface area contributed by atoms with Crippen molar-refractivity contribution in [2.45, 2.75) is 19.3 Å².